The largest absolute Gasteiger partial charge is 0.375 e. The highest BCUT2D eigenvalue weighted by Gasteiger charge is 2.41. The van der Waals surface area contributed by atoms with Gasteiger partial charge in [0.15, 0.2) is 0 Å². The predicted molar refractivity (Wildman–Crippen MR) is 124 cm³/mol. The first-order valence-corrected chi connectivity index (χ1v) is 12.1. The van der Waals surface area contributed by atoms with Gasteiger partial charge in [-0.3, -0.25) is 19.3 Å². The fraction of sp³-hybridized carbons (Fsp3) is 0.870. The van der Waals surface area contributed by atoms with E-state index < -0.39 is 0 Å². The van der Waals surface area contributed by atoms with Crippen molar-refractivity contribution in [3.05, 3.63) is 0 Å². The van der Waals surface area contributed by atoms with Crippen LogP contribution in [0.5, 0.6) is 0 Å². The van der Waals surface area contributed by atoms with E-state index in [1.807, 2.05) is 27.8 Å². The molecule has 0 spiro atoms. The molecule has 0 aromatic heterocycles. The quantitative estimate of drug-likeness (QED) is 0.300. The molecule has 0 aromatic carbocycles. The maximum Gasteiger partial charge on any atom is 0.242 e. The number of carbonyl (C=O) groups is 3. The molecule has 1 unspecified atom stereocenters. The molecule has 1 rings (SSSR count). The lowest BCUT2D eigenvalue weighted by Gasteiger charge is -2.32. The lowest BCUT2D eigenvalue weighted by molar-refractivity contribution is -0.138. The fourth-order valence-electron chi connectivity index (χ4n) is 3.57. The smallest absolute Gasteiger partial charge is 0.242 e. The Hall–Kier alpha value is -0.920. The maximum atomic E-state index is 12.8. The van der Waals surface area contributed by atoms with Crippen LogP contribution in [0, 0.1) is 0 Å². The molecule has 1 atom stereocenters. The summed E-state index contributed by atoms with van der Waals surface area (Å²) >= 11 is 1.56. The molecular formula is C23H42N2O4S. The lowest BCUT2D eigenvalue weighted by atomic mass is 10.1. The molecular weight excluding hydrogens is 400 g/mol. The van der Waals surface area contributed by atoms with E-state index in [9.17, 15) is 14.4 Å². The summed E-state index contributed by atoms with van der Waals surface area (Å²) in [6.45, 7) is 14.9. The highest BCUT2D eigenvalue weighted by Crippen LogP contribution is 2.35. The normalized spacial score (nSPS) is 18.0. The molecule has 0 radical (unpaired) electrons. The Balaban J connectivity index is 2.47. The van der Waals surface area contributed by atoms with Crippen LogP contribution >= 0.6 is 11.8 Å². The van der Waals surface area contributed by atoms with Crippen LogP contribution in [0.15, 0.2) is 0 Å². The Morgan fingerprint density at radius 1 is 1.17 bits per heavy atom. The molecule has 2 amide bonds. The number of amides is 2. The van der Waals surface area contributed by atoms with Crippen LogP contribution in [0.4, 0.5) is 0 Å². The summed E-state index contributed by atoms with van der Waals surface area (Å²) < 4.78 is 5.61. The number of unbranched alkanes of at least 4 members (excludes halogenated alkanes) is 2. The third-order valence-corrected chi connectivity index (χ3v) is 6.42. The van der Waals surface area contributed by atoms with Gasteiger partial charge in [0.2, 0.25) is 11.8 Å². The molecule has 1 heterocycles. The average molecular weight is 443 g/mol. The molecule has 0 N–H and O–H groups in total. The highest BCUT2D eigenvalue weighted by molar-refractivity contribution is 8.02. The second kappa shape index (κ2) is 12.2. The summed E-state index contributed by atoms with van der Waals surface area (Å²) in [5.41, 5.74) is -0.150. The second-order valence-electron chi connectivity index (χ2n) is 9.90. The van der Waals surface area contributed by atoms with Crippen molar-refractivity contribution in [1.82, 2.24) is 9.80 Å². The Labute approximate surface area is 187 Å². The van der Waals surface area contributed by atoms with E-state index in [-0.39, 0.29) is 52.6 Å². The number of hydrogen-bond acceptors (Lipinski definition) is 6. The number of carbonyl (C=O) groups excluding carboxylic acids is 3. The molecule has 6 nitrogen and oxygen atoms in total. The monoisotopic (exact) mass is 442 g/mol. The van der Waals surface area contributed by atoms with E-state index in [0.717, 1.165) is 32.4 Å². The number of ether oxygens (including phenoxy) is 1. The Morgan fingerprint density at radius 3 is 2.43 bits per heavy atom. The minimum atomic E-state index is -0.359. The van der Waals surface area contributed by atoms with Gasteiger partial charge in [0.25, 0.3) is 0 Å². The van der Waals surface area contributed by atoms with Crippen molar-refractivity contribution in [1.29, 1.82) is 0 Å². The van der Waals surface area contributed by atoms with Gasteiger partial charge in [-0.2, -0.15) is 0 Å². The Morgan fingerprint density at radius 2 is 1.83 bits per heavy atom. The van der Waals surface area contributed by atoms with Crippen molar-refractivity contribution in [3.63, 3.8) is 0 Å². The number of rotatable bonds is 14. The summed E-state index contributed by atoms with van der Waals surface area (Å²) in [6, 6.07) is 0. The van der Waals surface area contributed by atoms with Gasteiger partial charge < -0.3 is 9.64 Å². The van der Waals surface area contributed by atoms with E-state index in [1.165, 1.54) is 4.90 Å². The van der Waals surface area contributed by atoms with Crippen LogP contribution in [0.1, 0.15) is 80.1 Å². The van der Waals surface area contributed by atoms with Crippen molar-refractivity contribution in [3.8, 4) is 0 Å². The van der Waals surface area contributed by atoms with E-state index in [0.29, 0.717) is 13.0 Å². The van der Waals surface area contributed by atoms with Crippen LogP contribution in [0.2, 0.25) is 0 Å². The summed E-state index contributed by atoms with van der Waals surface area (Å²) in [5.74, 6) is -0.153. The number of likely N-dealkylation sites (N-methyl/N-ethyl adjacent to an activating group) is 1. The van der Waals surface area contributed by atoms with Crippen LogP contribution in [0.25, 0.3) is 0 Å². The number of imide groups is 1. The first-order chi connectivity index (χ1) is 13.8. The summed E-state index contributed by atoms with van der Waals surface area (Å²) in [6.07, 6.45) is 4.05. The molecule has 0 bridgehead atoms. The summed E-state index contributed by atoms with van der Waals surface area (Å²) in [5, 5.41) is -0.359. The minimum absolute atomic E-state index is 0.139. The number of Topliss-reactive ketones (excluding diaryl/α,β-unsaturated/α-hetero) is 1. The van der Waals surface area contributed by atoms with Gasteiger partial charge in [-0.15, -0.1) is 11.8 Å². The number of hydrogen-bond donors (Lipinski definition) is 0. The molecule has 0 aliphatic carbocycles. The Kier molecular flexibility index (Phi) is 11.0. The molecule has 0 aromatic rings. The minimum Gasteiger partial charge on any atom is -0.375 e. The molecule has 1 aliphatic heterocycles. The Bertz CT molecular complexity index is 586. The molecule has 1 fully saturated rings. The van der Waals surface area contributed by atoms with Gasteiger partial charge in [0.1, 0.15) is 5.78 Å². The standard InChI is InChI=1S/C23H42N2O4S/c1-8-9-10-11-18(26)12-13-25-20(27)16-19(21(25)28)30-23(5,6)17-24(7)14-15-29-22(2,3)4/h19H,8-17H2,1-7H3. The zero-order valence-electron chi connectivity index (χ0n) is 20.1. The van der Waals surface area contributed by atoms with Crippen LogP contribution in [0.3, 0.4) is 0 Å². The molecule has 1 aliphatic rings. The van der Waals surface area contributed by atoms with E-state index in [2.05, 4.69) is 25.7 Å². The zero-order chi connectivity index (χ0) is 22.9. The number of likely N-dealkylation sites (tertiary alicyclic amines) is 1. The zero-order valence-corrected chi connectivity index (χ0v) is 20.9. The topological polar surface area (TPSA) is 66.9 Å². The van der Waals surface area contributed by atoms with Crippen LogP contribution in [-0.2, 0) is 19.1 Å². The molecule has 1 saturated heterocycles. The first kappa shape index (κ1) is 27.1. The predicted octanol–water partition coefficient (Wildman–Crippen LogP) is 3.91. The van der Waals surface area contributed by atoms with E-state index in [4.69, 9.17) is 4.74 Å². The van der Waals surface area contributed by atoms with Crippen molar-refractivity contribution in [2.24, 2.45) is 0 Å². The van der Waals surface area contributed by atoms with Gasteiger partial charge in [0.05, 0.1) is 17.5 Å². The highest BCUT2D eigenvalue weighted by atomic mass is 32.2. The van der Waals surface area contributed by atoms with Gasteiger partial charge in [0, 0.05) is 43.6 Å². The molecule has 30 heavy (non-hydrogen) atoms. The SMILES string of the molecule is CCCCCC(=O)CCN1C(=O)CC(SC(C)(C)CN(C)CCOC(C)(C)C)C1=O. The van der Waals surface area contributed by atoms with Crippen LogP contribution in [-0.4, -0.2) is 76.3 Å². The molecule has 174 valence electrons. The van der Waals surface area contributed by atoms with Crippen molar-refractivity contribution >= 4 is 29.4 Å². The number of nitrogens with zero attached hydrogens (tertiary/aromatic N) is 2. The third-order valence-electron chi connectivity index (χ3n) is 5.00. The molecule has 0 saturated carbocycles. The van der Waals surface area contributed by atoms with E-state index in [1.54, 1.807) is 11.8 Å². The third kappa shape index (κ3) is 10.4. The summed E-state index contributed by atoms with van der Waals surface area (Å²) in [4.78, 5) is 40.6. The van der Waals surface area contributed by atoms with Crippen molar-refractivity contribution < 1.29 is 19.1 Å². The fourth-order valence-corrected chi connectivity index (χ4v) is 5.09. The van der Waals surface area contributed by atoms with Gasteiger partial charge in [-0.25, -0.2) is 0 Å². The van der Waals surface area contributed by atoms with Gasteiger partial charge in [-0.1, -0.05) is 19.8 Å². The lowest BCUT2D eigenvalue weighted by Crippen LogP contribution is -2.39. The van der Waals surface area contributed by atoms with Crippen molar-refractivity contribution in [2.45, 2.75) is 95.7 Å². The number of ketones is 1. The van der Waals surface area contributed by atoms with Gasteiger partial charge in [-0.05, 0) is 48.1 Å². The second-order valence-corrected chi connectivity index (χ2v) is 11.8. The summed E-state index contributed by atoms with van der Waals surface area (Å²) in [7, 11) is 2.05. The van der Waals surface area contributed by atoms with Gasteiger partial charge >= 0.3 is 0 Å². The first-order valence-electron chi connectivity index (χ1n) is 11.2. The average Bonchev–Trinajstić information content (AvgIpc) is 2.84. The molecule has 7 heteroatoms. The maximum absolute atomic E-state index is 12.8. The van der Waals surface area contributed by atoms with Crippen molar-refractivity contribution in [2.75, 3.05) is 33.3 Å². The number of thioether (sulfide) groups is 1. The van der Waals surface area contributed by atoms with E-state index >= 15 is 0 Å². The van der Waals surface area contributed by atoms with Crippen LogP contribution < -0.4 is 0 Å².